The van der Waals surface area contributed by atoms with Crippen molar-refractivity contribution in [1.82, 2.24) is 4.98 Å². The molecule has 1 heterocycles. The number of aromatic hydroxyl groups is 1. The number of nitrogens with zero attached hydrogens (tertiary/aromatic N) is 1. The summed E-state index contributed by atoms with van der Waals surface area (Å²) >= 11 is 3.57. The quantitative estimate of drug-likeness (QED) is 0.729. The molecule has 21 heavy (non-hydrogen) atoms. The first-order chi connectivity index (χ1) is 10.1. The van der Waals surface area contributed by atoms with Crippen LogP contribution in [0.1, 0.15) is 11.4 Å². The van der Waals surface area contributed by atoms with E-state index in [-0.39, 0.29) is 5.75 Å². The maximum Gasteiger partial charge on any atom is 0.138 e. The molecule has 0 saturated heterocycles. The Morgan fingerprint density at radius 2 is 1.81 bits per heavy atom. The third-order valence-corrected chi connectivity index (χ3v) is 4.10. The predicted octanol–water partition coefficient (Wildman–Crippen LogP) is 4.62. The highest BCUT2D eigenvalue weighted by atomic mass is 79.9. The summed E-state index contributed by atoms with van der Waals surface area (Å²) in [6.45, 7) is 2.40. The van der Waals surface area contributed by atoms with E-state index in [4.69, 9.17) is 0 Å². The minimum atomic E-state index is 0.217. The van der Waals surface area contributed by atoms with Gasteiger partial charge < -0.3 is 10.4 Å². The molecule has 0 atom stereocenters. The Kier molecular flexibility index (Phi) is 3.80. The minimum Gasteiger partial charge on any atom is -0.506 e. The summed E-state index contributed by atoms with van der Waals surface area (Å²) in [7, 11) is 0. The highest BCUT2D eigenvalue weighted by Gasteiger charge is 2.06. The minimum absolute atomic E-state index is 0.217. The molecular formula is C17H15BrN2O. The number of aromatic nitrogens is 1. The number of nitrogens with one attached hydrogen (secondary N) is 1. The molecule has 0 bridgehead atoms. The summed E-state index contributed by atoms with van der Waals surface area (Å²) < 4.78 is 1.07. The fourth-order valence-electron chi connectivity index (χ4n) is 2.33. The molecule has 3 nitrogen and oxygen atoms in total. The molecule has 0 radical (unpaired) electrons. The molecule has 2 aromatic carbocycles. The molecule has 3 aromatic rings. The fourth-order valence-corrected chi connectivity index (χ4v) is 2.81. The largest absolute Gasteiger partial charge is 0.506 e. The summed E-state index contributed by atoms with van der Waals surface area (Å²) in [6, 6.07) is 15.7. The van der Waals surface area contributed by atoms with Gasteiger partial charge in [-0.15, -0.1) is 0 Å². The van der Waals surface area contributed by atoms with Crippen LogP contribution in [-0.4, -0.2) is 10.1 Å². The van der Waals surface area contributed by atoms with E-state index in [1.165, 1.54) is 0 Å². The van der Waals surface area contributed by atoms with Crippen LogP contribution in [0.25, 0.3) is 10.8 Å². The number of hydrogen-bond acceptors (Lipinski definition) is 3. The van der Waals surface area contributed by atoms with Gasteiger partial charge in [0, 0.05) is 21.2 Å². The molecule has 0 aliphatic carbocycles. The second-order valence-corrected chi connectivity index (χ2v) is 5.77. The number of aryl methyl sites for hydroxylation is 1. The summed E-state index contributed by atoms with van der Waals surface area (Å²) in [5.41, 5.74) is 2.57. The lowest BCUT2D eigenvalue weighted by Gasteiger charge is -2.11. The van der Waals surface area contributed by atoms with Gasteiger partial charge in [-0.1, -0.05) is 40.2 Å². The maximum absolute atomic E-state index is 9.86. The molecule has 1 aromatic heterocycles. The van der Waals surface area contributed by atoms with Crippen LogP contribution in [0.4, 0.5) is 5.69 Å². The first-order valence-corrected chi connectivity index (χ1v) is 7.51. The van der Waals surface area contributed by atoms with Gasteiger partial charge in [0.05, 0.1) is 6.54 Å². The van der Waals surface area contributed by atoms with Gasteiger partial charge >= 0.3 is 0 Å². The van der Waals surface area contributed by atoms with E-state index in [1.807, 2.05) is 31.2 Å². The van der Waals surface area contributed by atoms with Gasteiger partial charge in [0.2, 0.25) is 0 Å². The zero-order chi connectivity index (χ0) is 14.8. The average Bonchev–Trinajstić information content (AvgIpc) is 2.50. The van der Waals surface area contributed by atoms with Crippen molar-refractivity contribution in [3.63, 3.8) is 0 Å². The number of fused-ring (bicyclic) bond motifs is 1. The SMILES string of the molecule is Cc1ccc(O)c(CNc2ccc(Br)c3ccccc23)n1. The zero-order valence-electron chi connectivity index (χ0n) is 11.6. The van der Waals surface area contributed by atoms with Crippen LogP contribution in [0, 0.1) is 6.92 Å². The lowest BCUT2D eigenvalue weighted by molar-refractivity contribution is 0.464. The lowest BCUT2D eigenvalue weighted by Crippen LogP contribution is -2.03. The van der Waals surface area contributed by atoms with Gasteiger partial charge in [-0.3, -0.25) is 4.98 Å². The van der Waals surface area contributed by atoms with Gasteiger partial charge in [-0.05, 0) is 36.6 Å². The summed E-state index contributed by atoms with van der Waals surface area (Å²) in [6.07, 6.45) is 0. The molecule has 0 amide bonds. The van der Waals surface area contributed by atoms with E-state index in [9.17, 15) is 5.11 Å². The van der Waals surface area contributed by atoms with E-state index < -0.39 is 0 Å². The average molecular weight is 343 g/mol. The lowest BCUT2D eigenvalue weighted by atomic mass is 10.1. The highest BCUT2D eigenvalue weighted by molar-refractivity contribution is 9.10. The molecule has 0 saturated carbocycles. The molecule has 0 fully saturated rings. The summed E-state index contributed by atoms with van der Waals surface area (Å²) in [5, 5.41) is 15.5. The zero-order valence-corrected chi connectivity index (χ0v) is 13.2. The third kappa shape index (κ3) is 2.85. The topological polar surface area (TPSA) is 45.1 Å². The molecule has 2 N–H and O–H groups in total. The first kappa shape index (κ1) is 13.9. The normalized spacial score (nSPS) is 10.8. The summed E-state index contributed by atoms with van der Waals surface area (Å²) in [5.74, 6) is 0.217. The van der Waals surface area contributed by atoms with Crippen LogP contribution in [0.3, 0.4) is 0 Å². The van der Waals surface area contributed by atoms with Crippen LogP contribution < -0.4 is 5.32 Å². The number of pyridine rings is 1. The number of benzene rings is 2. The Labute approximate surface area is 131 Å². The number of halogens is 1. The molecular weight excluding hydrogens is 328 g/mol. The van der Waals surface area contributed by atoms with Crippen molar-refractivity contribution in [3.8, 4) is 5.75 Å². The van der Waals surface area contributed by atoms with Gasteiger partial charge in [-0.25, -0.2) is 0 Å². The molecule has 0 aliphatic heterocycles. The standard InChI is InChI=1S/C17H15BrN2O/c1-11-6-9-17(21)16(20-11)10-19-15-8-7-14(18)12-4-2-3-5-13(12)15/h2-9,19,21H,10H2,1H3. The fraction of sp³-hybridized carbons (Fsp3) is 0.118. The highest BCUT2D eigenvalue weighted by Crippen LogP contribution is 2.30. The number of rotatable bonds is 3. The van der Waals surface area contributed by atoms with Gasteiger partial charge in [0.25, 0.3) is 0 Å². The third-order valence-electron chi connectivity index (χ3n) is 3.41. The van der Waals surface area contributed by atoms with Crippen LogP contribution in [0.2, 0.25) is 0 Å². The van der Waals surface area contributed by atoms with Gasteiger partial charge in [0.1, 0.15) is 11.4 Å². The van der Waals surface area contributed by atoms with Crippen molar-refractivity contribution >= 4 is 32.4 Å². The predicted molar refractivity (Wildman–Crippen MR) is 89.6 cm³/mol. The second-order valence-electron chi connectivity index (χ2n) is 4.91. The molecule has 106 valence electrons. The molecule has 3 rings (SSSR count). The van der Waals surface area contributed by atoms with E-state index in [0.717, 1.165) is 26.6 Å². The molecule has 0 unspecified atom stereocenters. The monoisotopic (exact) mass is 342 g/mol. The van der Waals surface area contributed by atoms with E-state index in [1.54, 1.807) is 12.1 Å². The number of hydrogen-bond donors (Lipinski definition) is 2. The van der Waals surface area contributed by atoms with E-state index in [0.29, 0.717) is 12.2 Å². The van der Waals surface area contributed by atoms with Gasteiger partial charge in [-0.2, -0.15) is 0 Å². The van der Waals surface area contributed by atoms with Crippen LogP contribution in [0.15, 0.2) is 53.0 Å². The molecule has 0 spiro atoms. The Morgan fingerprint density at radius 3 is 2.62 bits per heavy atom. The smallest absolute Gasteiger partial charge is 0.138 e. The van der Waals surface area contributed by atoms with Crippen LogP contribution >= 0.6 is 15.9 Å². The van der Waals surface area contributed by atoms with Crippen molar-refractivity contribution in [3.05, 3.63) is 64.4 Å². The van der Waals surface area contributed by atoms with E-state index >= 15 is 0 Å². The van der Waals surface area contributed by atoms with Crippen molar-refractivity contribution in [1.29, 1.82) is 0 Å². The van der Waals surface area contributed by atoms with Crippen molar-refractivity contribution in [2.75, 3.05) is 5.32 Å². The molecule has 4 heteroatoms. The Morgan fingerprint density at radius 1 is 1.05 bits per heavy atom. The maximum atomic E-state index is 9.86. The first-order valence-electron chi connectivity index (χ1n) is 6.72. The summed E-state index contributed by atoms with van der Waals surface area (Å²) in [4.78, 5) is 4.36. The molecule has 0 aliphatic rings. The van der Waals surface area contributed by atoms with Crippen molar-refractivity contribution in [2.45, 2.75) is 13.5 Å². The van der Waals surface area contributed by atoms with Crippen molar-refractivity contribution in [2.24, 2.45) is 0 Å². The number of anilines is 1. The Bertz CT molecular complexity index is 802. The Balaban J connectivity index is 1.92. The van der Waals surface area contributed by atoms with Crippen LogP contribution in [0.5, 0.6) is 5.75 Å². The van der Waals surface area contributed by atoms with E-state index in [2.05, 4.69) is 38.4 Å². The van der Waals surface area contributed by atoms with Crippen LogP contribution in [-0.2, 0) is 6.54 Å². The van der Waals surface area contributed by atoms with Gasteiger partial charge in [0.15, 0.2) is 0 Å². The second kappa shape index (κ2) is 5.74. The van der Waals surface area contributed by atoms with Crippen molar-refractivity contribution < 1.29 is 5.11 Å². The Hall–Kier alpha value is -2.07.